The van der Waals surface area contributed by atoms with Crippen molar-refractivity contribution >= 4 is 17.2 Å². The molecular weight excluding hydrogens is 413 g/mol. The monoisotopic (exact) mass is 439 g/mol. The standard InChI is InChI=1S/C21H26FN3O4.ClH/c1-12-18-15(13-3-4-13)9-16(21(27)28)20(26)25(18)11-17(22)19(12)24-7-5-14(10-24)23-6-8-29-2;/h9,11,13-14,23H,3-8,10H2,1-2H3,(H,27,28);1H/t14-;/m0./s1. The van der Waals surface area contributed by atoms with Gasteiger partial charge in [-0.3, -0.25) is 9.20 Å². The van der Waals surface area contributed by atoms with Crippen LogP contribution in [0.4, 0.5) is 10.1 Å². The number of methoxy groups -OCH3 is 1. The van der Waals surface area contributed by atoms with E-state index in [0.717, 1.165) is 44.5 Å². The molecule has 3 heterocycles. The third-order valence-electron chi connectivity index (χ3n) is 6.05. The average Bonchev–Trinajstić information content (AvgIpc) is 3.42. The first-order valence-electron chi connectivity index (χ1n) is 10.1. The summed E-state index contributed by atoms with van der Waals surface area (Å²) in [5.41, 5.74) is 1.74. The van der Waals surface area contributed by atoms with Crippen LogP contribution in [-0.4, -0.2) is 54.9 Å². The third-order valence-corrected chi connectivity index (χ3v) is 6.05. The first-order chi connectivity index (χ1) is 13.9. The van der Waals surface area contributed by atoms with E-state index in [2.05, 4.69) is 5.32 Å². The first kappa shape index (κ1) is 22.5. The number of pyridine rings is 2. The molecule has 1 aliphatic heterocycles. The van der Waals surface area contributed by atoms with Crippen molar-refractivity contribution in [2.45, 2.75) is 38.1 Å². The SMILES string of the molecule is COCC[NH2+][C@H]1CCN(c2c(F)cn3c(=O)c(C(=O)O)cc(C4CC4)c3c2C)C1.[Cl-]. The van der Waals surface area contributed by atoms with Gasteiger partial charge in [0.15, 0.2) is 5.82 Å². The van der Waals surface area contributed by atoms with Gasteiger partial charge in [0, 0.05) is 20.1 Å². The number of ether oxygens (including phenoxy) is 1. The van der Waals surface area contributed by atoms with E-state index in [1.807, 2.05) is 11.8 Å². The van der Waals surface area contributed by atoms with E-state index in [1.165, 1.54) is 16.7 Å². The van der Waals surface area contributed by atoms with Crippen LogP contribution in [0.15, 0.2) is 17.1 Å². The van der Waals surface area contributed by atoms with Crippen LogP contribution in [0.25, 0.3) is 5.52 Å². The number of nitrogens with zero attached hydrogens (tertiary/aromatic N) is 2. The maximum absolute atomic E-state index is 15.1. The van der Waals surface area contributed by atoms with Crippen molar-refractivity contribution in [2.75, 3.05) is 38.3 Å². The number of nitrogens with two attached hydrogens (primary N) is 1. The number of hydrogen-bond acceptors (Lipinski definition) is 4. The average molecular weight is 440 g/mol. The molecule has 2 aliphatic rings. The Morgan fingerprint density at radius 2 is 2.10 bits per heavy atom. The van der Waals surface area contributed by atoms with Gasteiger partial charge in [0.1, 0.15) is 11.6 Å². The Balaban J connectivity index is 0.00000256. The van der Waals surface area contributed by atoms with Crippen LogP contribution >= 0.6 is 0 Å². The van der Waals surface area contributed by atoms with Crippen LogP contribution in [0.1, 0.15) is 46.7 Å². The van der Waals surface area contributed by atoms with Gasteiger partial charge < -0.3 is 32.5 Å². The molecule has 0 bridgehead atoms. The molecule has 30 heavy (non-hydrogen) atoms. The van der Waals surface area contributed by atoms with E-state index < -0.39 is 17.3 Å². The minimum absolute atomic E-state index is 0. The normalized spacial score (nSPS) is 18.6. The second-order valence-corrected chi connectivity index (χ2v) is 8.08. The fourth-order valence-corrected chi connectivity index (χ4v) is 4.49. The summed E-state index contributed by atoms with van der Waals surface area (Å²) in [7, 11) is 1.68. The molecule has 2 aromatic heterocycles. The molecule has 0 amide bonds. The fourth-order valence-electron chi connectivity index (χ4n) is 4.49. The van der Waals surface area contributed by atoms with Crippen LogP contribution < -0.4 is 28.2 Å². The number of fused-ring (bicyclic) bond motifs is 1. The second-order valence-electron chi connectivity index (χ2n) is 8.08. The molecule has 2 aromatic rings. The van der Waals surface area contributed by atoms with E-state index in [0.29, 0.717) is 29.4 Å². The first-order valence-corrected chi connectivity index (χ1v) is 10.1. The molecule has 1 atom stereocenters. The number of aromatic carboxylic acids is 1. The Hall–Kier alpha value is -2.16. The lowest BCUT2D eigenvalue weighted by molar-refractivity contribution is -0.686. The van der Waals surface area contributed by atoms with Crippen molar-refractivity contribution in [2.24, 2.45) is 0 Å². The predicted octanol–water partition coefficient (Wildman–Crippen LogP) is -1.88. The van der Waals surface area contributed by atoms with Gasteiger partial charge in [-0.2, -0.15) is 0 Å². The molecule has 0 radical (unpaired) electrons. The molecule has 4 rings (SSSR count). The number of carboxylic acids is 1. The second kappa shape index (κ2) is 8.91. The predicted molar refractivity (Wildman–Crippen MR) is 107 cm³/mol. The number of aromatic nitrogens is 1. The number of halogens is 2. The zero-order valence-corrected chi connectivity index (χ0v) is 17.9. The van der Waals surface area contributed by atoms with Crippen molar-refractivity contribution in [1.29, 1.82) is 0 Å². The van der Waals surface area contributed by atoms with Crippen molar-refractivity contribution in [3.63, 3.8) is 0 Å². The Morgan fingerprint density at radius 3 is 2.73 bits per heavy atom. The summed E-state index contributed by atoms with van der Waals surface area (Å²) >= 11 is 0. The molecular formula is C21H27ClFN3O4. The number of rotatable bonds is 7. The highest BCUT2D eigenvalue weighted by Gasteiger charge is 2.32. The van der Waals surface area contributed by atoms with E-state index in [-0.39, 0.29) is 23.9 Å². The van der Waals surface area contributed by atoms with Crippen molar-refractivity contribution < 1.29 is 36.8 Å². The minimum atomic E-state index is -1.28. The lowest BCUT2D eigenvalue weighted by Crippen LogP contribution is -3.00. The van der Waals surface area contributed by atoms with Crippen LogP contribution in [-0.2, 0) is 4.74 Å². The maximum Gasteiger partial charge on any atom is 0.341 e. The summed E-state index contributed by atoms with van der Waals surface area (Å²) in [4.78, 5) is 26.3. The van der Waals surface area contributed by atoms with Gasteiger partial charge in [0.25, 0.3) is 5.56 Å². The Kier molecular flexibility index (Phi) is 6.69. The fraction of sp³-hybridized carbons (Fsp3) is 0.524. The number of aryl methyl sites for hydroxylation is 1. The summed E-state index contributed by atoms with van der Waals surface area (Å²) in [5, 5.41) is 11.6. The minimum Gasteiger partial charge on any atom is -1.00 e. The molecule has 1 aliphatic carbocycles. The van der Waals surface area contributed by atoms with Gasteiger partial charge in [-0.1, -0.05) is 0 Å². The van der Waals surface area contributed by atoms with E-state index in [4.69, 9.17) is 4.74 Å². The third kappa shape index (κ3) is 4.04. The number of carbonyl (C=O) groups is 1. The van der Waals surface area contributed by atoms with Crippen LogP contribution in [0.2, 0.25) is 0 Å². The van der Waals surface area contributed by atoms with E-state index in [9.17, 15) is 14.7 Å². The lowest BCUT2D eigenvalue weighted by atomic mass is 10.0. The summed E-state index contributed by atoms with van der Waals surface area (Å²) in [6.45, 7) is 4.86. The van der Waals surface area contributed by atoms with Gasteiger partial charge in [-0.05, 0) is 42.9 Å². The highest BCUT2D eigenvalue weighted by atomic mass is 35.5. The Morgan fingerprint density at radius 1 is 1.37 bits per heavy atom. The highest BCUT2D eigenvalue weighted by molar-refractivity contribution is 5.89. The smallest absolute Gasteiger partial charge is 0.341 e. The quantitative estimate of drug-likeness (QED) is 0.493. The van der Waals surface area contributed by atoms with E-state index in [1.54, 1.807) is 7.11 Å². The maximum atomic E-state index is 15.1. The van der Waals surface area contributed by atoms with Gasteiger partial charge in [0.2, 0.25) is 0 Å². The van der Waals surface area contributed by atoms with Crippen LogP contribution in [0, 0.1) is 12.7 Å². The topological polar surface area (TPSA) is 87.9 Å². The van der Waals surface area contributed by atoms with Gasteiger partial charge in [-0.25, -0.2) is 9.18 Å². The summed E-state index contributed by atoms with van der Waals surface area (Å²) < 4.78 is 21.4. The molecule has 0 aromatic carbocycles. The molecule has 164 valence electrons. The van der Waals surface area contributed by atoms with E-state index >= 15 is 4.39 Å². The molecule has 0 unspecified atom stereocenters. The van der Waals surface area contributed by atoms with Crippen molar-refractivity contribution in [3.8, 4) is 0 Å². The molecule has 1 saturated heterocycles. The number of carboxylic acid groups (broad SMARTS) is 1. The van der Waals surface area contributed by atoms with Crippen LogP contribution in [0.3, 0.4) is 0 Å². The Labute approximate surface area is 180 Å². The number of anilines is 1. The summed E-state index contributed by atoms with van der Waals surface area (Å²) in [6, 6.07) is 1.87. The Bertz CT molecular complexity index is 1020. The molecule has 3 N–H and O–H groups in total. The van der Waals surface area contributed by atoms with Gasteiger partial charge >= 0.3 is 5.97 Å². The zero-order valence-electron chi connectivity index (χ0n) is 17.2. The number of hydrogen-bond donors (Lipinski definition) is 2. The molecule has 1 saturated carbocycles. The number of quaternary nitrogens is 1. The highest BCUT2D eigenvalue weighted by Crippen LogP contribution is 2.44. The summed E-state index contributed by atoms with van der Waals surface area (Å²) in [5.74, 6) is -1.53. The van der Waals surface area contributed by atoms with Gasteiger partial charge in [-0.15, -0.1) is 0 Å². The molecule has 2 fully saturated rings. The van der Waals surface area contributed by atoms with Crippen LogP contribution in [0.5, 0.6) is 0 Å². The zero-order chi connectivity index (χ0) is 20.7. The molecule has 9 heteroatoms. The van der Waals surface area contributed by atoms with Gasteiger partial charge in [0.05, 0.1) is 37.1 Å². The molecule has 7 nitrogen and oxygen atoms in total. The van der Waals surface area contributed by atoms with Crippen molar-refractivity contribution in [3.05, 3.63) is 45.1 Å². The summed E-state index contributed by atoms with van der Waals surface area (Å²) in [6.07, 6.45) is 4.03. The largest absolute Gasteiger partial charge is 1.00 e. The van der Waals surface area contributed by atoms with Crippen molar-refractivity contribution in [1.82, 2.24) is 4.40 Å². The molecule has 0 spiro atoms. The lowest BCUT2D eigenvalue weighted by Gasteiger charge is -2.23.